The topological polar surface area (TPSA) is 22.1 Å². The van der Waals surface area contributed by atoms with Crippen LogP contribution in [-0.2, 0) is 11.2 Å². The summed E-state index contributed by atoms with van der Waals surface area (Å²) in [7, 11) is 0. The Balaban J connectivity index is 1.76. The monoisotopic (exact) mass is 295 g/mol. The van der Waals surface area contributed by atoms with Gasteiger partial charge >= 0.3 is 0 Å². The zero-order chi connectivity index (χ0) is 13.5. The van der Waals surface area contributed by atoms with Gasteiger partial charge in [-0.15, -0.1) is 11.3 Å². The first-order valence-corrected chi connectivity index (χ1v) is 8.27. The van der Waals surface area contributed by atoms with Crippen molar-refractivity contribution in [3.63, 3.8) is 0 Å². The minimum absolute atomic E-state index is 0.262. The second kappa shape index (κ2) is 7.88. The Morgan fingerprint density at radius 1 is 1.37 bits per heavy atom. The molecule has 0 aliphatic carbocycles. The summed E-state index contributed by atoms with van der Waals surface area (Å²) in [6, 6.07) is 6.47. The molecule has 1 aromatic heterocycles. The Bertz CT molecular complexity index is 498. The molecule has 4 heteroatoms. The van der Waals surface area contributed by atoms with Crippen molar-refractivity contribution < 1.29 is 4.74 Å². The maximum absolute atomic E-state index is 5.65. The summed E-state index contributed by atoms with van der Waals surface area (Å²) >= 11 is 6.28. The highest BCUT2D eigenvalue weighted by molar-refractivity contribution is 7.81. The lowest BCUT2D eigenvalue weighted by molar-refractivity contribution is 0.131. The van der Waals surface area contributed by atoms with Crippen LogP contribution in [0.5, 0.6) is 0 Å². The van der Waals surface area contributed by atoms with Gasteiger partial charge in [-0.05, 0) is 30.5 Å². The van der Waals surface area contributed by atoms with Crippen molar-refractivity contribution in [1.82, 2.24) is 4.98 Å². The van der Waals surface area contributed by atoms with Crippen LogP contribution in [0.3, 0.4) is 0 Å². The lowest BCUT2D eigenvalue weighted by Gasteiger charge is -2.11. The molecule has 19 heavy (non-hydrogen) atoms. The molecule has 1 unspecified atom stereocenters. The number of aromatic nitrogens is 1. The van der Waals surface area contributed by atoms with E-state index >= 15 is 0 Å². The Labute approximate surface area is 124 Å². The fraction of sp³-hybridized carbons (Fsp3) is 0.533. The number of hydrogen-bond donors (Lipinski definition) is 1. The summed E-state index contributed by atoms with van der Waals surface area (Å²) in [4.78, 5) is 4.34. The fourth-order valence-corrected chi connectivity index (χ4v) is 3.01. The Morgan fingerprint density at radius 2 is 2.26 bits per heavy atom. The number of ether oxygens (including phenoxy) is 1. The number of benzene rings is 1. The van der Waals surface area contributed by atoms with Gasteiger partial charge in [0.25, 0.3) is 0 Å². The molecule has 0 amide bonds. The van der Waals surface area contributed by atoms with Crippen molar-refractivity contribution in [2.45, 2.75) is 37.9 Å². The molecule has 1 atom stereocenters. The summed E-state index contributed by atoms with van der Waals surface area (Å²) in [6.45, 7) is 3.79. The molecule has 104 valence electrons. The largest absolute Gasteiger partial charge is 0.380 e. The van der Waals surface area contributed by atoms with Crippen LogP contribution in [0, 0.1) is 0 Å². The van der Waals surface area contributed by atoms with Gasteiger partial charge in [-0.3, -0.25) is 0 Å². The third kappa shape index (κ3) is 4.79. The zero-order valence-corrected chi connectivity index (χ0v) is 13.1. The van der Waals surface area contributed by atoms with E-state index in [1.54, 1.807) is 11.3 Å². The Kier molecular flexibility index (Phi) is 6.14. The summed E-state index contributed by atoms with van der Waals surface area (Å²) < 4.78 is 6.90. The smallest absolute Gasteiger partial charge is 0.0814 e. The fourth-order valence-electron chi connectivity index (χ4n) is 2.03. The summed E-state index contributed by atoms with van der Waals surface area (Å²) in [6.07, 6.45) is 4.57. The molecule has 0 aliphatic heterocycles. The summed E-state index contributed by atoms with van der Waals surface area (Å²) in [5.41, 5.74) is 4.27. The number of nitrogens with zero attached hydrogens (tertiary/aromatic N) is 1. The summed E-state index contributed by atoms with van der Waals surface area (Å²) in [5, 5.41) is 0.262. The Hall–Kier alpha value is -0.580. The molecule has 2 rings (SSSR count). The molecule has 0 N–H and O–H groups in total. The molecule has 0 aliphatic rings. The molecule has 2 aromatic rings. The molecule has 2 nitrogen and oxygen atoms in total. The predicted molar refractivity (Wildman–Crippen MR) is 86.4 cm³/mol. The number of unbranched alkanes of at least 4 members (excludes halogenated alkanes) is 2. The summed E-state index contributed by atoms with van der Waals surface area (Å²) in [5.74, 6) is 0. The van der Waals surface area contributed by atoms with Crippen LogP contribution in [0.2, 0.25) is 0 Å². The maximum atomic E-state index is 5.65. The molecule has 0 fully saturated rings. The molecule has 0 radical (unpaired) electrons. The average Bonchev–Trinajstić information content (AvgIpc) is 2.86. The van der Waals surface area contributed by atoms with Gasteiger partial charge in [0.05, 0.1) is 22.3 Å². The second-order valence-corrected chi connectivity index (χ2v) is 6.41. The second-order valence-electron chi connectivity index (χ2n) is 4.79. The normalized spacial score (nSPS) is 12.9. The van der Waals surface area contributed by atoms with Crippen LogP contribution in [0.4, 0.5) is 0 Å². The number of thiazole rings is 1. The van der Waals surface area contributed by atoms with Crippen molar-refractivity contribution in [3.05, 3.63) is 29.3 Å². The first-order valence-electron chi connectivity index (χ1n) is 6.87. The van der Waals surface area contributed by atoms with Gasteiger partial charge in [0.2, 0.25) is 0 Å². The van der Waals surface area contributed by atoms with E-state index < -0.39 is 0 Å². The van der Waals surface area contributed by atoms with Gasteiger partial charge in [-0.1, -0.05) is 25.8 Å². The van der Waals surface area contributed by atoms with Gasteiger partial charge in [0.15, 0.2) is 0 Å². The first-order chi connectivity index (χ1) is 9.29. The molecule has 0 spiro atoms. The highest BCUT2D eigenvalue weighted by Crippen LogP contribution is 2.20. The molecule has 0 bridgehead atoms. The van der Waals surface area contributed by atoms with Gasteiger partial charge in [0, 0.05) is 11.9 Å². The van der Waals surface area contributed by atoms with Crippen molar-refractivity contribution in [1.29, 1.82) is 0 Å². The molecular formula is C15H21NOS2. The lowest BCUT2D eigenvalue weighted by Crippen LogP contribution is -2.13. The van der Waals surface area contributed by atoms with Crippen molar-refractivity contribution in [2.75, 3.05) is 13.2 Å². The maximum Gasteiger partial charge on any atom is 0.0814 e. The van der Waals surface area contributed by atoms with Gasteiger partial charge in [0.1, 0.15) is 0 Å². The molecule has 1 aromatic carbocycles. The predicted octanol–water partition coefficient (Wildman–Crippen LogP) is 4.34. The SMILES string of the molecule is CCCCCOCC(S)Cc1ccc2scnc2c1. The number of fused-ring (bicyclic) bond motifs is 1. The van der Waals surface area contributed by atoms with Crippen LogP contribution in [-0.4, -0.2) is 23.4 Å². The van der Waals surface area contributed by atoms with E-state index in [-0.39, 0.29) is 5.25 Å². The van der Waals surface area contributed by atoms with Crippen molar-refractivity contribution in [2.24, 2.45) is 0 Å². The van der Waals surface area contributed by atoms with E-state index in [1.807, 2.05) is 5.51 Å². The van der Waals surface area contributed by atoms with E-state index in [1.165, 1.54) is 23.1 Å². The van der Waals surface area contributed by atoms with Crippen LogP contribution in [0.15, 0.2) is 23.7 Å². The quantitative estimate of drug-likeness (QED) is 0.578. The highest BCUT2D eigenvalue weighted by atomic mass is 32.1. The van der Waals surface area contributed by atoms with Gasteiger partial charge in [-0.25, -0.2) is 4.98 Å². The number of hydrogen-bond acceptors (Lipinski definition) is 4. The number of rotatable bonds is 8. The van der Waals surface area contributed by atoms with Crippen LogP contribution in [0.25, 0.3) is 10.2 Å². The molecule has 0 saturated carbocycles. The molecular weight excluding hydrogens is 274 g/mol. The van der Waals surface area contributed by atoms with E-state index in [4.69, 9.17) is 4.74 Å². The van der Waals surface area contributed by atoms with E-state index in [2.05, 4.69) is 42.7 Å². The number of thiol groups is 1. The minimum Gasteiger partial charge on any atom is -0.380 e. The van der Waals surface area contributed by atoms with Crippen molar-refractivity contribution >= 4 is 34.2 Å². The lowest BCUT2D eigenvalue weighted by atomic mass is 10.1. The minimum atomic E-state index is 0.262. The van der Waals surface area contributed by atoms with Gasteiger partial charge in [-0.2, -0.15) is 12.6 Å². The molecule has 1 heterocycles. The first kappa shape index (κ1) is 14.8. The third-order valence-electron chi connectivity index (χ3n) is 3.07. The van der Waals surface area contributed by atoms with Gasteiger partial charge < -0.3 is 4.74 Å². The third-order valence-corrected chi connectivity index (χ3v) is 4.21. The zero-order valence-electron chi connectivity index (χ0n) is 11.3. The van der Waals surface area contributed by atoms with E-state index in [9.17, 15) is 0 Å². The van der Waals surface area contributed by atoms with Crippen LogP contribution >= 0.6 is 24.0 Å². The molecule has 0 saturated heterocycles. The van der Waals surface area contributed by atoms with Crippen molar-refractivity contribution in [3.8, 4) is 0 Å². The van der Waals surface area contributed by atoms with E-state index in [0.29, 0.717) is 0 Å². The Morgan fingerprint density at radius 3 is 3.11 bits per heavy atom. The average molecular weight is 295 g/mol. The highest BCUT2D eigenvalue weighted by Gasteiger charge is 2.06. The van der Waals surface area contributed by atoms with Crippen LogP contribution in [0.1, 0.15) is 31.7 Å². The van der Waals surface area contributed by atoms with E-state index in [0.717, 1.165) is 31.6 Å². The standard InChI is InChI=1S/C15H21NOS2/c1-2-3-4-7-17-10-13(18)8-12-5-6-15-14(9-12)16-11-19-15/h5-6,9,11,13,18H,2-4,7-8,10H2,1H3. The van der Waals surface area contributed by atoms with Crippen LogP contribution < -0.4 is 0 Å².